The maximum absolute atomic E-state index is 14.8. The van der Waals surface area contributed by atoms with Crippen LogP contribution in [0.3, 0.4) is 0 Å². The molecule has 3 fully saturated rings. The molecule has 0 bridgehead atoms. The van der Waals surface area contributed by atoms with Crippen LogP contribution < -0.4 is 5.32 Å². The number of hydrogen-bond donors (Lipinski definition) is 1. The highest BCUT2D eigenvalue weighted by Crippen LogP contribution is 2.32. The molecule has 4 aromatic rings. The van der Waals surface area contributed by atoms with Gasteiger partial charge in [-0.15, -0.1) is 0 Å². The van der Waals surface area contributed by atoms with Gasteiger partial charge in [-0.1, -0.05) is 6.07 Å². The van der Waals surface area contributed by atoms with Crippen molar-refractivity contribution in [2.24, 2.45) is 5.92 Å². The lowest BCUT2D eigenvalue weighted by molar-refractivity contribution is -0.157. The van der Waals surface area contributed by atoms with Crippen LogP contribution in [-0.4, -0.2) is 91.3 Å². The van der Waals surface area contributed by atoms with E-state index in [0.29, 0.717) is 70.8 Å². The van der Waals surface area contributed by atoms with Crippen LogP contribution in [0.2, 0.25) is 0 Å². The van der Waals surface area contributed by atoms with E-state index in [0.717, 1.165) is 12.8 Å². The van der Waals surface area contributed by atoms with Crippen LogP contribution in [0.15, 0.2) is 41.3 Å². The number of amides is 2. The number of carbonyl (C=O) groups is 2. The van der Waals surface area contributed by atoms with E-state index < -0.39 is 5.82 Å². The molecule has 13 heteroatoms. The molecule has 2 amide bonds. The molecule has 3 aliphatic rings. The highest BCUT2D eigenvalue weighted by Gasteiger charge is 2.39. The molecule has 5 heterocycles. The first-order chi connectivity index (χ1) is 19.4. The van der Waals surface area contributed by atoms with Crippen LogP contribution in [0, 0.1) is 11.7 Å². The molecule has 1 aromatic carbocycles. The Labute approximate surface area is 236 Å². The van der Waals surface area contributed by atoms with Crippen molar-refractivity contribution in [3.05, 3.63) is 47.1 Å². The zero-order valence-corrected chi connectivity index (χ0v) is 23.1. The molecule has 1 saturated carbocycles. The molecular weight excluding hydrogens is 583 g/mol. The van der Waals surface area contributed by atoms with Gasteiger partial charge >= 0.3 is 0 Å². The maximum Gasteiger partial charge on any atom is 0.249 e. The van der Waals surface area contributed by atoms with E-state index in [1.807, 2.05) is 15.9 Å². The zero-order valence-electron chi connectivity index (χ0n) is 21.5. The van der Waals surface area contributed by atoms with Crippen molar-refractivity contribution in [2.75, 3.05) is 38.2 Å². The molecule has 2 saturated heterocycles. The molecule has 11 nitrogen and oxygen atoms in total. The number of aromatic nitrogens is 5. The highest BCUT2D eigenvalue weighted by molar-refractivity contribution is 9.10. The van der Waals surface area contributed by atoms with Crippen LogP contribution in [0.4, 0.5) is 10.3 Å². The SMILES string of the molecule is O=C([C@@H]1CC[C@@H](Nc2ncc3c(Br)nn(-c4cc(F)c5ncccc5c4)c3n2)C1)N1CCN2C(=O)COCC2C1. The van der Waals surface area contributed by atoms with Crippen molar-refractivity contribution >= 4 is 55.6 Å². The number of benzene rings is 1. The van der Waals surface area contributed by atoms with Gasteiger partial charge in [-0.2, -0.15) is 10.1 Å². The molecule has 1 N–H and O–H groups in total. The summed E-state index contributed by atoms with van der Waals surface area (Å²) in [4.78, 5) is 42.5. The molecule has 2 aliphatic heterocycles. The van der Waals surface area contributed by atoms with Gasteiger partial charge in [0, 0.05) is 55.4 Å². The van der Waals surface area contributed by atoms with E-state index in [2.05, 4.69) is 36.3 Å². The minimum absolute atomic E-state index is 0.00146. The first-order valence-corrected chi connectivity index (χ1v) is 14.1. The van der Waals surface area contributed by atoms with Gasteiger partial charge in [-0.05, 0) is 47.3 Å². The van der Waals surface area contributed by atoms with Gasteiger partial charge in [0.1, 0.15) is 16.7 Å². The summed E-state index contributed by atoms with van der Waals surface area (Å²) in [5.41, 5.74) is 1.35. The lowest BCUT2D eigenvalue weighted by Gasteiger charge is -2.44. The predicted octanol–water partition coefficient (Wildman–Crippen LogP) is 2.92. The number of nitrogens with zero attached hydrogens (tertiary/aromatic N) is 7. The molecular formula is C27H26BrFN8O3. The number of piperazine rings is 1. The summed E-state index contributed by atoms with van der Waals surface area (Å²) in [6.45, 7) is 2.23. The molecule has 0 spiro atoms. The molecule has 7 rings (SSSR count). The van der Waals surface area contributed by atoms with Crippen molar-refractivity contribution < 1.29 is 18.7 Å². The van der Waals surface area contributed by atoms with Crippen LogP contribution in [-0.2, 0) is 14.3 Å². The topological polar surface area (TPSA) is 118 Å². The number of nitrogens with one attached hydrogen (secondary N) is 1. The smallest absolute Gasteiger partial charge is 0.249 e. The Balaban J connectivity index is 1.07. The van der Waals surface area contributed by atoms with Gasteiger partial charge in [-0.25, -0.2) is 14.1 Å². The number of anilines is 1. The monoisotopic (exact) mass is 608 g/mol. The number of halogens is 2. The van der Waals surface area contributed by atoms with Crippen molar-refractivity contribution in [3.63, 3.8) is 0 Å². The fraction of sp³-hybridized carbons (Fsp3) is 0.407. The lowest BCUT2D eigenvalue weighted by atomic mass is 10.0. The number of ether oxygens (including phenoxy) is 1. The third-order valence-electron chi connectivity index (χ3n) is 8.03. The van der Waals surface area contributed by atoms with Gasteiger partial charge in [0.15, 0.2) is 11.5 Å². The largest absolute Gasteiger partial charge is 0.369 e. The number of carbonyl (C=O) groups excluding carboxylic acids is 2. The first-order valence-electron chi connectivity index (χ1n) is 13.3. The summed E-state index contributed by atoms with van der Waals surface area (Å²) in [5, 5.41) is 9.29. The Hall–Kier alpha value is -3.71. The first kappa shape index (κ1) is 25.3. The second kappa shape index (κ2) is 10.0. The fourth-order valence-electron chi connectivity index (χ4n) is 6.04. The minimum atomic E-state index is -0.439. The zero-order chi connectivity index (χ0) is 27.4. The quantitative estimate of drug-likeness (QED) is 0.376. The number of morpholine rings is 1. The van der Waals surface area contributed by atoms with Crippen molar-refractivity contribution in [1.29, 1.82) is 0 Å². The van der Waals surface area contributed by atoms with E-state index >= 15 is 0 Å². The van der Waals surface area contributed by atoms with Crippen LogP contribution in [0.5, 0.6) is 0 Å². The average molecular weight is 609 g/mol. The standard InChI is InChI=1S/C27H26BrFN8O3/c28-24-20-11-31-27(33-25(20)37(34-24)18-9-15-2-1-5-30-23(15)21(29)10-18)32-17-4-3-16(8-17)26(39)35-6-7-36-19(12-35)13-40-14-22(36)38/h1-2,5,9-11,16-17,19H,3-4,6-8,12-14H2,(H,31,32,33)/t16-,17-,19?/m1/s1. The van der Waals surface area contributed by atoms with Gasteiger partial charge in [0.25, 0.3) is 0 Å². The lowest BCUT2D eigenvalue weighted by Crippen LogP contribution is -2.61. The van der Waals surface area contributed by atoms with Gasteiger partial charge in [-0.3, -0.25) is 14.6 Å². The summed E-state index contributed by atoms with van der Waals surface area (Å²) in [6.07, 6.45) is 5.50. The van der Waals surface area contributed by atoms with Gasteiger partial charge in [0.05, 0.1) is 23.7 Å². The van der Waals surface area contributed by atoms with Gasteiger partial charge in [0.2, 0.25) is 17.8 Å². The van der Waals surface area contributed by atoms with Crippen molar-refractivity contribution in [3.8, 4) is 5.69 Å². The molecule has 40 heavy (non-hydrogen) atoms. The second-order valence-electron chi connectivity index (χ2n) is 10.5. The van der Waals surface area contributed by atoms with E-state index in [1.54, 1.807) is 29.2 Å². The third kappa shape index (κ3) is 4.46. The van der Waals surface area contributed by atoms with E-state index in [4.69, 9.17) is 9.72 Å². The van der Waals surface area contributed by atoms with E-state index in [9.17, 15) is 14.0 Å². The molecule has 1 aliphatic carbocycles. The third-order valence-corrected chi connectivity index (χ3v) is 8.62. The van der Waals surface area contributed by atoms with Crippen LogP contribution >= 0.6 is 15.9 Å². The number of hydrogen-bond acceptors (Lipinski definition) is 8. The summed E-state index contributed by atoms with van der Waals surface area (Å²) < 4.78 is 22.3. The highest BCUT2D eigenvalue weighted by atomic mass is 79.9. The van der Waals surface area contributed by atoms with Crippen molar-refractivity contribution in [2.45, 2.75) is 31.3 Å². The molecule has 0 radical (unpaired) electrons. The summed E-state index contributed by atoms with van der Waals surface area (Å²) in [7, 11) is 0. The Morgan fingerprint density at radius 2 is 2.10 bits per heavy atom. The minimum Gasteiger partial charge on any atom is -0.369 e. The summed E-state index contributed by atoms with van der Waals surface area (Å²) in [5.74, 6) is 0.0243. The maximum atomic E-state index is 14.8. The summed E-state index contributed by atoms with van der Waals surface area (Å²) in [6, 6.07) is 6.76. The Bertz CT molecular complexity index is 1650. The fourth-order valence-corrected chi connectivity index (χ4v) is 6.48. The Morgan fingerprint density at radius 1 is 1.20 bits per heavy atom. The van der Waals surface area contributed by atoms with Gasteiger partial charge < -0.3 is 19.9 Å². The molecule has 206 valence electrons. The average Bonchev–Trinajstić information content (AvgIpc) is 3.56. The molecule has 1 unspecified atom stereocenters. The normalized spacial score (nSPS) is 23.1. The second-order valence-corrected chi connectivity index (χ2v) is 11.3. The number of pyridine rings is 1. The van der Waals surface area contributed by atoms with Crippen LogP contribution in [0.1, 0.15) is 19.3 Å². The predicted molar refractivity (Wildman–Crippen MR) is 147 cm³/mol. The van der Waals surface area contributed by atoms with E-state index in [1.165, 1.54) is 6.07 Å². The number of fused-ring (bicyclic) bond motifs is 3. The Morgan fingerprint density at radius 3 is 3.00 bits per heavy atom. The number of rotatable bonds is 4. The Kier molecular flexibility index (Phi) is 6.34. The molecule has 3 atom stereocenters. The summed E-state index contributed by atoms with van der Waals surface area (Å²) >= 11 is 3.47. The van der Waals surface area contributed by atoms with E-state index in [-0.39, 0.29) is 36.4 Å². The van der Waals surface area contributed by atoms with Crippen LogP contribution in [0.25, 0.3) is 27.6 Å². The molecule has 3 aromatic heterocycles. The van der Waals surface area contributed by atoms with Crippen molar-refractivity contribution in [1.82, 2.24) is 34.5 Å².